The Labute approximate surface area is 146 Å². The monoisotopic (exact) mass is 339 g/mol. The van der Waals surface area contributed by atoms with Crippen molar-refractivity contribution in [3.8, 4) is 0 Å². The molecule has 3 rings (SSSR count). The number of ether oxygens (including phenoxy) is 1. The van der Waals surface area contributed by atoms with Gasteiger partial charge < -0.3 is 14.7 Å². The molecular formula is C20H21NO4. The number of carbonyl (C=O) groups excluding carboxylic acids is 2. The Morgan fingerprint density at radius 1 is 1.04 bits per heavy atom. The summed E-state index contributed by atoms with van der Waals surface area (Å²) in [6.45, 7) is 0.134. The van der Waals surface area contributed by atoms with E-state index in [2.05, 4.69) is 0 Å². The number of carbonyl (C=O) groups is 2. The van der Waals surface area contributed by atoms with Crippen molar-refractivity contribution in [1.29, 1.82) is 0 Å². The van der Waals surface area contributed by atoms with E-state index in [1.165, 1.54) is 12.0 Å². The van der Waals surface area contributed by atoms with Crippen molar-refractivity contribution in [2.75, 3.05) is 13.7 Å². The first-order valence-electron chi connectivity index (χ1n) is 8.28. The van der Waals surface area contributed by atoms with Gasteiger partial charge in [0.05, 0.1) is 19.1 Å². The lowest BCUT2D eigenvalue weighted by molar-refractivity contribution is -0.151. The van der Waals surface area contributed by atoms with Crippen molar-refractivity contribution in [3.05, 3.63) is 71.8 Å². The van der Waals surface area contributed by atoms with Crippen LogP contribution in [0.4, 0.5) is 0 Å². The third-order valence-electron chi connectivity index (χ3n) is 4.55. The number of amides is 1. The molecule has 0 spiro atoms. The SMILES string of the molecule is COC(=O)[C@@H]1C[C@H](O)CN1C(=O)C(c1ccccc1)c1ccccc1. The van der Waals surface area contributed by atoms with E-state index < -0.39 is 24.0 Å². The lowest BCUT2D eigenvalue weighted by Gasteiger charge is -2.28. The van der Waals surface area contributed by atoms with Gasteiger partial charge >= 0.3 is 5.97 Å². The highest BCUT2D eigenvalue weighted by atomic mass is 16.5. The number of likely N-dealkylation sites (tertiary alicyclic amines) is 1. The lowest BCUT2D eigenvalue weighted by atomic mass is 9.90. The van der Waals surface area contributed by atoms with Gasteiger partial charge in [-0.05, 0) is 11.1 Å². The molecule has 1 saturated heterocycles. The van der Waals surface area contributed by atoms with Gasteiger partial charge in [-0.3, -0.25) is 4.79 Å². The molecular weight excluding hydrogens is 318 g/mol. The molecule has 2 atom stereocenters. The van der Waals surface area contributed by atoms with Crippen LogP contribution in [0.5, 0.6) is 0 Å². The average Bonchev–Trinajstić information content (AvgIpc) is 3.05. The fourth-order valence-electron chi connectivity index (χ4n) is 3.35. The molecule has 2 aromatic rings. The van der Waals surface area contributed by atoms with Crippen molar-refractivity contribution >= 4 is 11.9 Å². The molecule has 2 aromatic carbocycles. The second-order valence-corrected chi connectivity index (χ2v) is 6.17. The zero-order valence-electron chi connectivity index (χ0n) is 14.0. The van der Waals surface area contributed by atoms with Crippen molar-refractivity contribution in [2.24, 2.45) is 0 Å². The number of aliphatic hydroxyl groups excluding tert-OH is 1. The molecule has 1 N–H and O–H groups in total. The molecule has 5 nitrogen and oxygen atoms in total. The summed E-state index contributed by atoms with van der Waals surface area (Å²) < 4.78 is 4.81. The van der Waals surface area contributed by atoms with Crippen LogP contribution in [0.15, 0.2) is 60.7 Å². The minimum Gasteiger partial charge on any atom is -0.467 e. The summed E-state index contributed by atoms with van der Waals surface area (Å²) in [6, 6.07) is 18.2. The van der Waals surface area contributed by atoms with Crippen LogP contribution >= 0.6 is 0 Å². The molecule has 1 fully saturated rings. The first-order valence-corrected chi connectivity index (χ1v) is 8.28. The molecule has 0 radical (unpaired) electrons. The van der Waals surface area contributed by atoms with Crippen LogP contribution in [0.2, 0.25) is 0 Å². The van der Waals surface area contributed by atoms with Crippen LogP contribution in [-0.2, 0) is 14.3 Å². The number of esters is 1. The smallest absolute Gasteiger partial charge is 0.328 e. The molecule has 0 aromatic heterocycles. The highest BCUT2D eigenvalue weighted by molar-refractivity contribution is 5.91. The van der Waals surface area contributed by atoms with E-state index in [1.807, 2.05) is 60.7 Å². The van der Waals surface area contributed by atoms with E-state index in [9.17, 15) is 14.7 Å². The predicted octanol–water partition coefficient (Wildman–Crippen LogP) is 1.95. The number of hydrogen-bond acceptors (Lipinski definition) is 4. The van der Waals surface area contributed by atoms with E-state index in [0.29, 0.717) is 0 Å². The van der Waals surface area contributed by atoms with Gasteiger partial charge in [0.15, 0.2) is 0 Å². The van der Waals surface area contributed by atoms with E-state index in [-0.39, 0.29) is 18.9 Å². The number of methoxy groups -OCH3 is 1. The Morgan fingerprint density at radius 3 is 2.04 bits per heavy atom. The van der Waals surface area contributed by atoms with Crippen molar-refractivity contribution in [1.82, 2.24) is 4.90 Å². The number of benzene rings is 2. The highest BCUT2D eigenvalue weighted by Crippen LogP contribution is 2.30. The summed E-state index contributed by atoms with van der Waals surface area (Å²) in [5.41, 5.74) is 1.70. The summed E-state index contributed by atoms with van der Waals surface area (Å²) in [6.07, 6.45) is -0.519. The molecule has 0 saturated carbocycles. The molecule has 0 aliphatic carbocycles. The maximum absolute atomic E-state index is 13.3. The fraction of sp³-hybridized carbons (Fsp3) is 0.300. The minimum absolute atomic E-state index is 0.134. The Bertz CT molecular complexity index is 692. The summed E-state index contributed by atoms with van der Waals surface area (Å²) in [5, 5.41) is 9.98. The number of nitrogens with zero attached hydrogens (tertiary/aromatic N) is 1. The summed E-state index contributed by atoms with van der Waals surface area (Å²) in [7, 11) is 1.29. The Kier molecular flexibility index (Phi) is 5.14. The zero-order chi connectivity index (χ0) is 17.8. The first-order chi connectivity index (χ1) is 12.1. The Hall–Kier alpha value is -2.66. The summed E-state index contributed by atoms with van der Waals surface area (Å²) in [5.74, 6) is -1.23. The Morgan fingerprint density at radius 2 is 1.56 bits per heavy atom. The predicted molar refractivity (Wildman–Crippen MR) is 92.9 cm³/mol. The van der Waals surface area contributed by atoms with Crippen LogP contribution < -0.4 is 0 Å². The number of hydrogen-bond donors (Lipinski definition) is 1. The van der Waals surface area contributed by atoms with Gasteiger partial charge in [-0.25, -0.2) is 4.79 Å². The first kappa shape index (κ1) is 17.2. The second kappa shape index (κ2) is 7.49. The number of aliphatic hydroxyl groups is 1. The standard InChI is InChI=1S/C20H21NO4/c1-25-20(24)17-12-16(22)13-21(17)19(23)18(14-8-4-2-5-9-14)15-10-6-3-7-11-15/h2-11,16-18,22H,12-13H2,1H3/t16-,17-/m0/s1. The highest BCUT2D eigenvalue weighted by Gasteiger charge is 2.42. The third kappa shape index (κ3) is 3.56. The average molecular weight is 339 g/mol. The van der Waals surface area contributed by atoms with Gasteiger partial charge in [0, 0.05) is 13.0 Å². The van der Waals surface area contributed by atoms with Gasteiger partial charge in [-0.15, -0.1) is 0 Å². The lowest BCUT2D eigenvalue weighted by Crippen LogP contribution is -2.43. The molecule has 130 valence electrons. The maximum Gasteiger partial charge on any atom is 0.328 e. The maximum atomic E-state index is 13.3. The van der Waals surface area contributed by atoms with Crippen LogP contribution in [0.25, 0.3) is 0 Å². The molecule has 1 aliphatic heterocycles. The zero-order valence-corrected chi connectivity index (χ0v) is 14.0. The van der Waals surface area contributed by atoms with Gasteiger partial charge in [-0.2, -0.15) is 0 Å². The number of rotatable bonds is 4. The fourth-order valence-corrected chi connectivity index (χ4v) is 3.35. The molecule has 25 heavy (non-hydrogen) atoms. The molecule has 1 heterocycles. The largest absolute Gasteiger partial charge is 0.467 e. The molecule has 1 aliphatic rings. The summed E-state index contributed by atoms with van der Waals surface area (Å²) >= 11 is 0. The normalized spacial score (nSPS) is 19.9. The molecule has 0 bridgehead atoms. The van der Waals surface area contributed by atoms with E-state index in [0.717, 1.165) is 11.1 Å². The van der Waals surface area contributed by atoms with Crippen LogP contribution in [-0.4, -0.2) is 47.7 Å². The molecule has 0 unspecified atom stereocenters. The van der Waals surface area contributed by atoms with Crippen LogP contribution in [0.1, 0.15) is 23.5 Å². The molecule has 1 amide bonds. The second-order valence-electron chi connectivity index (χ2n) is 6.17. The van der Waals surface area contributed by atoms with Crippen molar-refractivity contribution in [3.63, 3.8) is 0 Å². The van der Waals surface area contributed by atoms with E-state index >= 15 is 0 Å². The van der Waals surface area contributed by atoms with E-state index in [1.54, 1.807) is 0 Å². The van der Waals surface area contributed by atoms with Gasteiger partial charge in [-0.1, -0.05) is 60.7 Å². The quantitative estimate of drug-likeness (QED) is 0.865. The number of β-amino-alcohol motifs (C(OH)–C–C–N with tert-alkyl or cyclic N) is 1. The topological polar surface area (TPSA) is 66.8 Å². The minimum atomic E-state index is -0.748. The van der Waals surface area contributed by atoms with Gasteiger partial charge in [0.1, 0.15) is 6.04 Å². The molecule has 5 heteroatoms. The van der Waals surface area contributed by atoms with Crippen molar-refractivity contribution in [2.45, 2.75) is 24.5 Å². The van der Waals surface area contributed by atoms with Crippen LogP contribution in [0, 0.1) is 0 Å². The van der Waals surface area contributed by atoms with Gasteiger partial charge in [0.2, 0.25) is 5.91 Å². The van der Waals surface area contributed by atoms with Gasteiger partial charge in [0.25, 0.3) is 0 Å². The third-order valence-corrected chi connectivity index (χ3v) is 4.55. The summed E-state index contributed by atoms with van der Waals surface area (Å²) in [4.78, 5) is 26.8. The van der Waals surface area contributed by atoms with Crippen LogP contribution in [0.3, 0.4) is 0 Å². The Balaban J connectivity index is 1.98. The van der Waals surface area contributed by atoms with E-state index in [4.69, 9.17) is 4.74 Å². The van der Waals surface area contributed by atoms with Crippen molar-refractivity contribution < 1.29 is 19.4 Å².